The third kappa shape index (κ3) is 6.36. The van der Waals surface area contributed by atoms with Crippen LogP contribution in [-0.4, -0.2) is 89.7 Å². The number of fused-ring (bicyclic) bond motifs is 1. The zero-order chi connectivity index (χ0) is 28.3. The Balaban J connectivity index is 1.56. The highest BCUT2D eigenvalue weighted by Gasteiger charge is 2.47. The number of aromatic nitrogens is 4. The molecule has 0 spiro atoms. The van der Waals surface area contributed by atoms with Crippen molar-refractivity contribution in [2.24, 2.45) is 0 Å². The Bertz CT molecular complexity index is 1340. The first-order chi connectivity index (χ1) is 18.5. The third-order valence-electron chi connectivity index (χ3n) is 6.35. The smallest absolute Gasteiger partial charge is 0.278 e. The summed E-state index contributed by atoms with van der Waals surface area (Å²) in [5, 5.41) is 14.0. The van der Waals surface area contributed by atoms with Gasteiger partial charge in [-0.1, -0.05) is 12.1 Å². The summed E-state index contributed by atoms with van der Waals surface area (Å²) < 4.78 is 33.8. The molecule has 1 aliphatic rings. The number of phosphoric ester groups is 1. The number of hydrogen-bond acceptors (Lipinski definition) is 12. The molecule has 6 atom stereocenters. The molecule has 1 aliphatic heterocycles. The molecule has 2 aromatic heterocycles. The van der Waals surface area contributed by atoms with Crippen molar-refractivity contribution in [2.45, 2.75) is 36.9 Å². The van der Waals surface area contributed by atoms with Gasteiger partial charge in [0.05, 0.1) is 26.1 Å². The predicted molar refractivity (Wildman–Crippen MR) is 135 cm³/mol. The number of benzene rings is 1. The van der Waals surface area contributed by atoms with Gasteiger partial charge in [-0.15, -0.1) is 0 Å². The van der Waals surface area contributed by atoms with E-state index < -0.39 is 50.9 Å². The molecular formula is C23H32N7O8P. The molecule has 1 aromatic carbocycles. The standard InChI is InChI=1S/C23H32N7O8P/c1-29(2)20-18-21(26-11-25-20)30(12-27-18)23-19(31)17(16(38-23)10-37-39(33,34)36-4)28-22(32)15(24)9-13-5-7-14(35-3)8-6-13/h5-8,11-12,15-17,19,23,31H,9-10,24H2,1-4H3,(H,28,32)(H,33,34)/t15?,16-,17?,19+,23-/m1/s1. The predicted octanol–water partition coefficient (Wildman–Crippen LogP) is -1.37. The number of aliphatic hydroxyl groups excluding tert-OH is 1. The Morgan fingerprint density at radius 2 is 2.00 bits per heavy atom. The summed E-state index contributed by atoms with van der Waals surface area (Å²) in [5.41, 5.74) is 5.67. The Morgan fingerprint density at radius 1 is 1.28 bits per heavy atom. The highest BCUT2D eigenvalue weighted by atomic mass is 31.2. The van der Waals surface area contributed by atoms with E-state index in [0.29, 0.717) is 29.2 Å². The molecule has 0 bridgehead atoms. The topological polar surface area (TPSA) is 201 Å². The molecule has 3 heterocycles. The summed E-state index contributed by atoms with van der Waals surface area (Å²) in [6, 6.07) is 5.45. The maximum absolute atomic E-state index is 13.1. The Kier molecular flexibility index (Phi) is 8.81. The number of amides is 1. The molecule has 0 saturated carbocycles. The van der Waals surface area contributed by atoms with Crippen molar-refractivity contribution in [3.63, 3.8) is 0 Å². The summed E-state index contributed by atoms with van der Waals surface area (Å²) in [5.74, 6) is 0.779. The molecule has 1 fully saturated rings. The van der Waals surface area contributed by atoms with Gasteiger partial charge in [-0.2, -0.15) is 0 Å². The lowest BCUT2D eigenvalue weighted by molar-refractivity contribution is -0.403. The molecule has 39 heavy (non-hydrogen) atoms. The second kappa shape index (κ2) is 11.9. The highest BCUT2D eigenvalue weighted by molar-refractivity contribution is 7.45. The number of nitrogens with one attached hydrogen (secondary N) is 1. The summed E-state index contributed by atoms with van der Waals surface area (Å²) >= 11 is 0. The summed E-state index contributed by atoms with van der Waals surface area (Å²) in [6.07, 6.45) is -0.344. The van der Waals surface area contributed by atoms with E-state index in [4.69, 9.17) is 14.0 Å². The minimum Gasteiger partial charge on any atom is -0.756 e. The lowest BCUT2D eigenvalue weighted by Crippen LogP contribution is -2.70. The van der Waals surface area contributed by atoms with Gasteiger partial charge in [-0.25, -0.2) is 15.0 Å². The maximum Gasteiger partial charge on any atom is 0.278 e. The first-order valence-corrected chi connectivity index (χ1v) is 13.5. The third-order valence-corrected chi connectivity index (χ3v) is 7.27. The number of aliphatic hydroxyl groups is 1. The van der Waals surface area contributed by atoms with Crippen LogP contribution in [0, 0.1) is 0 Å². The van der Waals surface area contributed by atoms with Gasteiger partial charge in [-0.05, 0) is 17.7 Å². The summed E-state index contributed by atoms with van der Waals surface area (Å²) in [7, 11) is 1.53. The number of quaternary nitrogens is 1. The molecule has 3 aromatic rings. The number of methoxy groups -OCH3 is 1. The maximum atomic E-state index is 13.1. The number of carbonyl (C=O) groups is 1. The van der Waals surface area contributed by atoms with E-state index in [1.54, 1.807) is 38.2 Å². The van der Waals surface area contributed by atoms with Gasteiger partial charge in [0.25, 0.3) is 13.7 Å². The molecule has 5 N–H and O–H groups in total. The van der Waals surface area contributed by atoms with Crippen molar-refractivity contribution < 1.29 is 43.6 Å². The summed E-state index contributed by atoms with van der Waals surface area (Å²) in [6.45, 7) is -0.516. The fraction of sp³-hybridized carbons (Fsp3) is 0.478. The van der Waals surface area contributed by atoms with Crippen LogP contribution in [0.2, 0.25) is 0 Å². The van der Waals surface area contributed by atoms with Gasteiger partial charge in [-0.3, -0.25) is 13.9 Å². The fourth-order valence-corrected chi connectivity index (χ4v) is 4.72. The number of rotatable bonds is 11. The van der Waals surface area contributed by atoms with Crippen molar-refractivity contribution >= 4 is 30.7 Å². The van der Waals surface area contributed by atoms with Crippen molar-refractivity contribution in [2.75, 3.05) is 39.8 Å². The Morgan fingerprint density at radius 3 is 2.64 bits per heavy atom. The number of hydrogen-bond donors (Lipinski definition) is 3. The van der Waals surface area contributed by atoms with E-state index in [-0.39, 0.29) is 0 Å². The molecule has 1 amide bonds. The SMILES string of the molecule is COc1ccc(CC([NH3+])C(=O)NC2[C@@H](COP(=O)([O-])OC)O[C@@H](n3cnc4c(N(C)C)ncnc43)[C@H]2O)cc1. The van der Waals surface area contributed by atoms with E-state index in [0.717, 1.165) is 12.7 Å². The van der Waals surface area contributed by atoms with Crippen LogP contribution < -0.4 is 25.6 Å². The van der Waals surface area contributed by atoms with Crippen LogP contribution >= 0.6 is 7.82 Å². The lowest BCUT2D eigenvalue weighted by Gasteiger charge is -2.25. The van der Waals surface area contributed by atoms with Crippen molar-refractivity contribution in [1.82, 2.24) is 24.8 Å². The largest absolute Gasteiger partial charge is 0.756 e. The number of carbonyl (C=O) groups excluding carboxylic acids is 1. The molecule has 16 heteroatoms. The number of ether oxygens (including phenoxy) is 2. The molecule has 3 unspecified atom stereocenters. The van der Waals surface area contributed by atoms with Gasteiger partial charge in [0.2, 0.25) is 0 Å². The molecular weight excluding hydrogens is 533 g/mol. The number of phosphoric acid groups is 1. The first-order valence-electron chi connectivity index (χ1n) is 12.0. The molecule has 1 saturated heterocycles. The van der Waals surface area contributed by atoms with Crippen LogP contribution in [0.15, 0.2) is 36.9 Å². The second-order valence-corrected chi connectivity index (χ2v) is 10.7. The summed E-state index contributed by atoms with van der Waals surface area (Å²) in [4.78, 5) is 39.6. The van der Waals surface area contributed by atoms with Gasteiger partial charge in [0, 0.05) is 27.6 Å². The number of imidazole rings is 1. The van der Waals surface area contributed by atoms with Crippen molar-refractivity contribution in [3.8, 4) is 5.75 Å². The fourth-order valence-electron chi connectivity index (χ4n) is 4.28. The van der Waals surface area contributed by atoms with Gasteiger partial charge >= 0.3 is 0 Å². The van der Waals surface area contributed by atoms with Crippen molar-refractivity contribution in [1.29, 1.82) is 0 Å². The van der Waals surface area contributed by atoms with E-state index in [1.165, 1.54) is 17.2 Å². The number of nitrogens with zero attached hydrogens (tertiary/aromatic N) is 5. The van der Waals surface area contributed by atoms with Crippen LogP contribution in [0.1, 0.15) is 11.8 Å². The minimum atomic E-state index is -4.61. The lowest BCUT2D eigenvalue weighted by atomic mass is 10.0. The molecule has 212 valence electrons. The van der Waals surface area contributed by atoms with E-state index in [9.17, 15) is 19.4 Å². The first kappa shape index (κ1) is 28.8. The van der Waals surface area contributed by atoms with E-state index >= 15 is 0 Å². The monoisotopic (exact) mass is 565 g/mol. The quantitative estimate of drug-likeness (QED) is 0.231. The van der Waals surface area contributed by atoms with Crippen LogP contribution in [0.5, 0.6) is 5.75 Å². The van der Waals surface area contributed by atoms with Gasteiger partial charge in [0.15, 0.2) is 29.3 Å². The Labute approximate surface area is 224 Å². The molecule has 0 aliphatic carbocycles. The average Bonchev–Trinajstić information content (AvgIpc) is 3.48. The highest BCUT2D eigenvalue weighted by Crippen LogP contribution is 2.39. The normalized spacial score (nSPS) is 23.4. The zero-order valence-electron chi connectivity index (χ0n) is 22.0. The molecule has 4 rings (SSSR count). The van der Waals surface area contributed by atoms with Crippen LogP contribution in [0.4, 0.5) is 5.82 Å². The van der Waals surface area contributed by atoms with Crippen molar-refractivity contribution in [3.05, 3.63) is 42.5 Å². The Hall–Kier alpha value is -3.17. The van der Waals surface area contributed by atoms with Crippen LogP contribution in [0.25, 0.3) is 11.2 Å². The molecule has 15 nitrogen and oxygen atoms in total. The van der Waals surface area contributed by atoms with E-state index in [2.05, 4.69) is 30.5 Å². The number of anilines is 1. The minimum absolute atomic E-state index is 0.319. The molecule has 0 radical (unpaired) electrons. The zero-order valence-corrected chi connectivity index (χ0v) is 22.9. The van der Waals surface area contributed by atoms with E-state index in [1.807, 2.05) is 12.1 Å². The van der Waals surface area contributed by atoms with Gasteiger partial charge < -0.3 is 44.5 Å². The van der Waals surface area contributed by atoms with Crippen LogP contribution in [-0.2, 0) is 29.6 Å². The average molecular weight is 566 g/mol. The second-order valence-electron chi connectivity index (χ2n) is 9.18. The van der Waals surface area contributed by atoms with Crippen LogP contribution in [0.3, 0.4) is 0 Å². The van der Waals surface area contributed by atoms with Gasteiger partial charge in [0.1, 0.15) is 24.3 Å².